The largest absolute Gasteiger partial charge is 0.386 e. The minimum Gasteiger partial charge on any atom is -0.386 e. The van der Waals surface area contributed by atoms with Gasteiger partial charge in [-0.2, -0.15) is 0 Å². The van der Waals surface area contributed by atoms with Gasteiger partial charge in [-0.05, 0) is 40.5 Å². The lowest BCUT2D eigenvalue weighted by Crippen LogP contribution is -2.12. The van der Waals surface area contributed by atoms with E-state index in [1.54, 1.807) is 0 Å². The SMILES string of the molecule is Cc1cc(Cl)c(N=C(N)CCl)c(Br)c1. The van der Waals surface area contributed by atoms with Gasteiger partial charge in [0.1, 0.15) is 5.84 Å². The predicted octanol–water partition coefficient (Wildman–Crippen LogP) is 3.64. The Morgan fingerprint density at radius 1 is 1.57 bits per heavy atom. The summed E-state index contributed by atoms with van der Waals surface area (Å²) in [5.41, 5.74) is 7.20. The van der Waals surface area contributed by atoms with Crippen molar-refractivity contribution in [1.82, 2.24) is 0 Å². The Balaban J connectivity index is 3.21. The van der Waals surface area contributed by atoms with Crippen LogP contribution >= 0.6 is 39.1 Å². The van der Waals surface area contributed by atoms with E-state index < -0.39 is 0 Å². The molecule has 0 aliphatic heterocycles. The molecule has 1 aromatic carbocycles. The number of nitrogens with two attached hydrogens (primary N) is 1. The van der Waals surface area contributed by atoms with E-state index in [1.165, 1.54) is 0 Å². The third kappa shape index (κ3) is 2.87. The molecule has 0 unspecified atom stereocenters. The molecule has 0 radical (unpaired) electrons. The van der Waals surface area contributed by atoms with Crippen LogP contribution in [-0.4, -0.2) is 11.7 Å². The second-order valence-electron chi connectivity index (χ2n) is 2.81. The Labute approximate surface area is 101 Å². The maximum absolute atomic E-state index is 6.00. The number of nitrogens with zero attached hydrogens (tertiary/aromatic N) is 1. The van der Waals surface area contributed by atoms with Crippen molar-refractivity contribution in [2.75, 3.05) is 5.88 Å². The van der Waals surface area contributed by atoms with E-state index in [0.29, 0.717) is 16.5 Å². The molecule has 1 rings (SSSR count). The maximum Gasteiger partial charge on any atom is 0.115 e. The molecular formula is C9H9BrCl2N2. The number of hydrogen-bond donors (Lipinski definition) is 1. The Morgan fingerprint density at radius 3 is 2.71 bits per heavy atom. The number of amidine groups is 1. The average molecular weight is 296 g/mol. The predicted molar refractivity (Wildman–Crippen MR) is 65.9 cm³/mol. The van der Waals surface area contributed by atoms with Gasteiger partial charge in [0.25, 0.3) is 0 Å². The van der Waals surface area contributed by atoms with Gasteiger partial charge in [-0.15, -0.1) is 11.6 Å². The van der Waals surface area contributed by atoms with E-state index in [1.807, 2.05) is 19.1 Å². The highest BCUT2D eigenvalue weighted by molar-refractivity contribution is 9.10. The van der Waals surface area contributed by atoms with Crippen molar-refractivity contribution in [3.05, 3.63) is 27.2 Å². The zero-order valence-electron chi connectivity index (χ0n) is 7.52. The Hall–Kier alpha value is -0.250. The van der Waals surface area contributed by atoms with Gasteiger partial charge < -0.3 is 5.73 Å². The number of benzene rings is 1. The van der Waals surface area contributed by atoms with E-state index in [4.69, 9.17) is 28.9 Å². The summed E-state index contributed by atoms with van der Waals surface area (Å²) < 4.78 is 0.815. The molecule has 0 fully saturated rings. The fourth-order valence-electron chi connectivity index (χ4n) is 0.973. The quantitative estimate of drug-likeness (QED) is 0.505. The van der Waals surface area contributed by atoms with Crippen LogP contribution < -0.4 is 5.73 Å². The molecule has 0 atom stereocenters. The van der Waals surface area contributed by atoms with E-state index >= 15 is 0 Å². The Bertz CT molecular complexity index is 354. The monoisotopic (exact) mass is 294 g/mol. The highest BCUT2D eigenvalue weighted by atomic mass is 79.9. The van der Waals surface area contributed by atoms with E-state index in [2.05, 4.69) is 20.9 Å². The van der Waals surface area contributed by atoms with E-state index in [9.17, 15) is 0 Å². The second kappa shape index (κ2) is 5.01. The van der Waals surface area contributed by atoms with Crippen LogP contribution in [0.25, 0.3) is 0 Å². The third-order valence-corrected chi connectivity index (χ3v) is 2.72. The zero-order chi connectivity index (χ0) is 10.7. The molecule has 14 heavy (non-hydrogen) atoms. The summed E-state index contributed by atoms with van der Waals surface area (Å²) in [5.74, 6) is 0.537. The molecule has 2 nitrogen and oxygen atoms in total. The number of rotatable bonds is 2. The molecule has 5 heteroatoms. The number of alkyl halides is 1. The highest BCUT2D eigenvalue weighted by Crippen LogP contribution is 2.34. The topological polar surface area (TPSA) is 38.4 Å². The van der Waals surface area contributed by atoms with Crippen molar-refractivity contribution in [3.63, 3.8) is 0 Å². The molecule has 0 heterocycles. The van der Waals surface area contributed by atoms with Crippen LogP contribution in [0.2, 0.25) is 5.02 Å². The fourth-order valence-corrected chi connectivity index (χ4v) is 2.13. The molecule has 0 bridgehead atoms. The first kappa shape index (κ1) is 11.8. The van der Waals surface area contributed by atoms with Crippen LogP contribution in [0.1, 0.15) is 5.56 Å². The first-order chi connectivity index (χ1) is 6.54. The summed E-state index contributed by atoms with van der Waals surface area (Å²) in [6.07, 6.45) is 0. The van der Waals surface area contributed by atoms with Crippen LogP contribution in [0, 0.1) is 6.92 Å². The molecule has 0 spiro atoms. The molecule has 2 N–H and O–H groups in total. The van der Waals surface area contributed by atoms with Crippen molar-refractivity contribution < 1.29 is 0 Å². The van der Waals surface area contributed by atoms with Crippen LogP contribution in [0.3, 0.4) is 0 Å². The molecule has 0 aromatic heterocycles. The maximum atomic E-state index is 6.00. The van der Waals surface area contributed by atoms with Crippen LogP contribution in [0.5, 0.6) is 0 Å². The lowest BCUT2D eigenvalue weighted by molar-refractivity contribution is 1.39. The molecule has 0 aliphatic rings. The summed E-state index contributed by atoms with van der Waals surface area (Å²) in [4.78, 5) is 4.10. The van der Waals surface area contributed by atoms with E-state index in [0.717, 1.165) is 10.0 Å². The van der Waals surface area contributed by atoms with Crippen LogP contribution in [-0.2, 0) is 0 Å². The minimum atomic E-state index is 0.191. The summed E-state index contributed by atoms with van der Waals surface area (Å²) in [5, 5.41) is 0.560. The van der Waals surface area contributed by atoms with Crippen molar-refractivity contribution in [1.29, 1.82) is 0 Å². The Morgan fingerprint density at radius 2 is 2.21 bits per heavy atom. The van der Waals surface area contributed by atoms with Crippen LogP contribution in [0.4, 0.5) is 5.69 Å². The molecule has 1 aromatic rings. The number of aryl methyl sites for hydroxylation is 1. The summed E-state index contributed by atoms with van der Waals surface area (Å²) >= 11 is 14.9. The molecule has 0 aliphatic carbocycles. The first-order valence-corrected chi connectivity index (χ1v) is 5.59. The number of halogens is 3. The van der Waals surface area contributed by atoms with Gasteiger partial charge >= 0.3 is 0 Å². The van der Waals surface area contributed by atoms with Gasteiger partial charge in [0, 0.05) is 4.47 Å². The van der Waals surface area contributed by atoms with Crippen molar-refractivity contribution in [3.8, 4) is 0 Å². The van der Waals surface area contributed by atoms with Gasteiger partial charge in [0.2, 0.25) is 0 Å². The smallest absolute Gasteiger partial charge is 0.115 e. The fraction of sp³-hybridized carbons (Fsp3) is 0.222. The lowest BCUT2D eigenvalue weighted by Gasteiger charge is -2.04. The Kier molecular flexibility index (Phi) is 4.23. The van der Waals surface area contributed by atoms with Gasteiger partial charge in [0.15, 0.2) is 0 Å². The van der Waals surface area contributed by atoms with Gasteiger partial charge in [0.05, 0.1) is 16.6 Å². The lowest BCUT2D eigenvalue weighted by atomic mass is 10.2. The van der Waals surface area contributed by atoms with Crippen molar-refractivity contribution in [2.45, 2.75) is 6.92 Å². The standard InChI is InChI=1S/C9H9BrCl2N2/c1-5-2-6(10)9(7(12)3-5)14-8(13)4-11/h2-3H,4H2,1H3,(H2,13,14). The van der Waals surface area contributed by atoms with Gasteiger partial charge in [-0.25, -0.2) is 4.99 Å². The average Bonchev–Trinajstić information content (AvgIpc) is 2.10. The van der Waals surface area contributed by atoms with Gasteiger partial charge in [-0.3, -0.25) is 0 Å². The van der Waals surface area contributed by atoms with Crippen molar-refractivity contribution >= 4 is 50.7 Å². The second-order valence-corrected chi connectivity index (χ2v) is 4.34. The first-order valence-electron chi connectivity index (χ1n) is 3.89. The highest BCUT2D eigenvalue weighted by Gasteiger charge is 2.05. The number of aliphatic imine (C=N–C) groups is 1. The van der Waals surface area contributed by atoms with E-state index in [-0.39, 0.29) is 5.88 Å². The van der Waals surface area contributed by atoms with Gasteiger partial charge in [-0.1, -0.05) is 11.6 Å². The third-order valence-electron chi connectivity index (χ3n) is 1.55. The van der Waals surface area contributed by atoms with Crippen molar-refractivity contribution in [2.24, 2.45) is 10.7 Å². The molecule has 0 saturated heterocycles. The molecule has 76 valence electrons. The summed E-state index contributed by atoms with van der Waals surface area (Å²) in [7, 11) is 0. The van der Waals surface area contributed by atoms with Crippen LogP contribution in [0.15, 0.2) is 21.6 Å². The summed E-state index contributed by atoms with van der Waals surface area (Å²) in [6, 6.07) is 3.75. The number of hydrogen-bond acceptors (Lipinski definition) is 1. The molecular weight excluding hydrogens is 287 g/mol. The zero-order valence-corrected chi connectivity index (χ0v) is 10.6. The minimum absolute atomic E-state index is 0.191. The normalized spacial score (nSPS) is 11.9. The molecule has 0 saturated carbocycles. The summed E-state index contributed by atoms with van der Waals surface area (Å²) in [6.45, 7) is 1.95. The molecule has 0 amide bonds.